The molecular formula is C20H24N2O2S. The molecule has 132 valence electrons. The van der Waals surface area contributed by atoms with Crippen LogP contribution >= 0.6 is 11.3 Å². The molecule has 1 atom stereocenters. The molecule has 0 bridgehead atoms. The minimum Gasteiger partial charge on any atom is -0.379 e. The van der Waals surface area contributed by atoms with Crippen LogP contribution in [0.25, 0.3) is 6.08 Å². The normalized spacial score (nSPS) is 16.8. The summed E-state index contributed by atoms with van der Waals surface area (Å²) in [5.41, 5.74) is 2.32. The molecule has 0 aliphatic carbocycles. The van der Waals surface area contributed by atoms with Crippen LogP contribution in [0.3, 0.4) is 0 Å². The summed E-state index contributed by atoms with van der Waals surface area (Å²) in [6.07, 6.45) is 3.53. The van der Waals surface area contributed by atoms with Crippen LogP contribution in [0, 0.1) is 6.92 Å². The van der Waals surface area contributed by atoms with E-state index >= 15 is 0 Å². The Bertz CT molecular complexity index is 705. The smallest absolute Gasteiger partial charge is 0.244 e. The van der Waals surface area contributed by atoms with Gasteiger partial charge in [0.1, 0.15) is 0 Å². The van der Waals surface area contributed by atoms with Gasteiger partial charge in [-0.3, -0.25) is 9.69 Å². The van der Waals surface area contributed by atoms with Crippen LogP contribution in [0.5, 0.6) is 0 Å². The number of carbonyl (C=O) groups excluding carboxylic acids is 1. The Morgan fingerprint density at radius 3 is 2.72 bits per heavy atom. The van der Waals surface area contributed by atoms with Gasteiger partial charge < -0.3 is 10.1 Å². The Labute approximate surface area is 153 Å². The number of carbonyl (C=O) groups is 1. The van der Waals surface area contributed by atoms with Crippen LogP contribution in [-0.4, -0.2) is 43.7 Å². The van der Waals surface area contributed by atoms with E-state index in [4.69, 9.17) is 4.74 Å². The summed E-state index contributed by atoms with van der Waals surface area (Å²) in [6.45, 7) is 6.18. The molecule has 0 spiro atoms. The zero-order valence-corrected chi connectivity index (χ0v) is 15.3. The molecule has 0 saturated carbocycles. The molecule has 2 aromatic rings. The van der Waals surface area contributed by atoms with Crippen molar-refractivity contribution in [1.29, 1.82) is 0 Å². The highest BCUT2D eigenvalue weighted by molar-refractivity contribution is 7.11. The zero-order chi connectivity index (χ0) is 17.5. The number of benzene rings is 1. The Balaban J connectivity index is 1.67. The van der Waals surface area contributed by atoms with Crippen LogP contribution in [0.4, 0.5) is 0 Å². The van der Waals surface area contributed by atoms with Gasteiger partial charge in [0.05, 0.1) is 19.3 Å². The van der Waals surface area contributed by atoms with E-state index in [0.29, 0.717) is 0 Å². The summed E-state index contributed by atoms with van der Waals surface area (Å²) >= 11 is 1.65. The fourth-order valence-electron chi connectivity index (χ4n) is 2.89. The third-order valence-corrected chi connectivity index (χ3v) is 5.33. The molecule has 4 nitrogen and oxygen atoms in total. The maximum absolute atomic E-state index is 12.4. The lowest BCUT2D eigenvalue weighted by molar-refractivity contribution is -0.117. The molecule has 1 aliphatic rings. The Morgan fingerprint density at radius 2 is 2.04 bits per heavy atom. The van der Waals surface area contributed by atoms with Crippen LogP contribution in [-0.2, 0) is 9.53 Å². The number of hydrogen-bond donors (Lipinski definition) is 1. The number of rotatable bonds is 6. The lowest BCUT2D eigenvalue weighted by Gasteiger charge is -2.31. The van der Waals surface area contributed by atoms with Crippen molar-refractivity contribution in [3.8, 4) is 0 Å². The van der Waals surface area contributed by atoms with E-state index in [1.165, 1.54) is 5.56 Å². The highest BCUT2D eigenvalue weighted by Crippen LogP contribution is 2.18. The van der Waals surface area contributed by atoms with E-state index in [9.17, 15) is 4.79 Å². The van der Waals surface area contributed by atoms with E-state index in [2.05, 4.69) is 35.3 Å². The molecule has 1 aliphatic heterocycles. The number of ether oxygens (including phenoxy) is 1. The molecule has 1 N–H and O–H groups in total. The van der Waals surface area contributed by atoms with Gasteiger partial charge in [0.25, 0.3) is 0 Å². The van der Waals surface area contributed by atoms with E-state index in [-0.39, 0.29) is 11.9 Å². The monoisotopic (exact) mass is 356 g/mol. The second kappa shape index (κ2) is 8.94. The first-order chi connectivity index (χ1) is 12.2. The third-order valence-electron chi connectivity index (χ3n) is 4.35. The highest BCUT2D eigenvalue weighted by atomic mass is 32.1. The SMILES string of the molecule is Cc1ccsc1/C=C/C(=O)NC(CN1CCOCC1)c1ccccc1. The van der Waals surface area contributed by atoms with Crippen molar-refractivity contribution in [3.05, 3.63) is 63.9 Å². The Morgan fingerprint density at radius 1 is 1.28 bits per heavy atom. The van der Waals surface area contributed by atoms with E-state index in [0.717, 1.165) is 43.3 Å². The van der Waals surface area contributed by atoms with Gasteiger partial charge in [-0.1, -0.05) is 30.3 Å². The Hall–Kier alpha value is -1.95. The molecule has 25 heavy (non-hydrogen) atoms. The fourth-order valence-corrected chi connectivity index (χ4v) is 3.71. The number of amides is 1. The predicted molar refractivity (Wildman–Crippen MR) is 103 cm³/mol. The standard InChI is InChI=1S/C20H24N2O2S/c1-16-9-14-25-19(16)7-8-20(23)21-18(17-5-3-2-4-6-17)15-22-10-12-24-13-11-22/h2-9,14,18H,10-13,15H2,1H3,(H,21,23)/b8-7+. The van der Waals surface area contributed by atoms with Crippen molar-refractivity contribution in [1.82, 2.24) is 10.2 Å². The quantitative estimate of drug-likeness (QED) is 0.808. The number of hydrogen-bond acceptors (Lipinski definition) is 4. The van der Waals surface area contributed by atoms with Gasteiger partial charge in [-0.15, -0.1) is 11.3 Å². The minimum atomic E-state index is -0.0603. The van der Waals surface area contributed by atoms with E-state index in [1.807, 2.05) is 29.7 Å². The van der Waals surface area contributed by atoms with Gasteiger partial charge in [-0.2, -0.15) is 0 Å². The summed E-state index contributed by atoms with van der Waals surface area (Å²) in [6, 6.07) is 12.2. The maximum atomic E-state index is 12.4. The minimum absolute atomic E-state index is 0.0270. The van der Waals surface area contributed by atoms with Crippen molar-refractivity contribution < 1.29 is 9.53 Å². The number of nitrogens with zero attached hydrogens (tertiary/aromatic N) is 1. The van der Waals surface area contributed by atoms with Gasteiger partial charge in [0, 0.05) is 30.6 Å². The second-order valence-corrected chi connectivity index (χ2v) is 7.13. The summed E-state index contributed by atoms with van der Waals surface area (Å²) in [4.78, 5) is 15.9. The van der Waals surface area contributed by atoms with Gasteiger partial charge in [0.15, 0.2) is 0 Å². The Kier molecular flexibility index (Phi) is 6.39. The lowest BCUT2D eigenvalue weighted by Crippen LogP contribution is -2.42. The highest BCUT2D eigenvalue weighted by Gasteiger charge is 2.19. The first kappa shape index (κ1) is 17.9. The first-order valence-electron chi connectivity index (χ1n) is 8.60. The van der Waals surface area contributed by atoms with Gasteiger partial charge in [-0.05, 0) is 35.6 Å². The van der Waals surface area contributed by atoms with Crippen molar-refractivity contribution in [3.63, 3.8) is 0 Å². The lowest BCUT2D eigenvalue weighted by atomic mass is 10.1. The molecule has 1 fully saturated rings. The number of morpholine rings is 1. The van der Waals surface area contributed by atoms with Gasteiger partial charge in [-0.25, -0.2) is 0 Å². The molecule has 1 aromatic heterocycles. The summed E-state index contributed by atoms with van der Waals surface area (Å²) < 4.78 is 5.42. The molecular weight excluding hydrogens is 332 g/mol. The maximum Gasteiger partial charge on any atom is 0.244 e. The molecule has 1 saturated heterocycles. The van der Waals surface area contributed by atoms with Crippen molar-refractivity contribution in [2.24, 2.45) is 0 Å². The van der Waals surface area contributed by atoms with Gasteiger partial charge in [0.2, 0.25) is 5.91 Å². The largest absolute Gasteiger partial charge is 0.379 e. The summed E-state index contributed by atoms with van der Waals surface area (Å²) in [5.74, 6) is -0.0603. The molecule has 1 unspecified atom stereocenters. The summed E-state index contributed by atoms with van der Waals surface area (Å²) in [5, 5.41) is 5.20. The van der Waals surface area contributed by atoms with E-state index in [1.54, 1.807) is 17.4 Å². The molecule has 3 rings (SSSR count). The molecule has 1 aromatic carbocycles. The van der Waals surface area contributed by atoms with Crippen LogP contribution in [0.2, 0.25) is 0 Å². The summed E-state index contributed by atoms with van der Waals surface area (Å²) in [7, 11) is 0. The van der Waals surface area contributed by atoms with Crippen molar-refractivity contribution in [2.45, 2.75) is 13.0 Å². The van der Waals surface area contributed by atoms with E-state index < -0.39 is 0 Å². The predicted octanol–water partition coefficient (Wildman–Crippen LogP) is 3.26. The molecule has 5 heteroatoms. The van der Waals surface area contributed by atoms with Crippen LogP contribution < -0.4 is 5.32 Å². The first-order valence-corrected chi connectivity index (χ1v) is 9.48. The second-order valence-electron chi connectivity index (χ2n) is 6.19. The zero-order valence-electron chi connectivity index (χ0n) is 14.5. The molecule has 1 amide bonds. The fraction of sp³-hybridized carbons (Fsp3) is 0.350. The van der Waals surface area contributed by atoms with Crippen LogP contribution in [0.1, 0.15) is 22.0 Å². The molecule has 0 radical (unpaired) electrons. The van der Waals surface area contributed by atoms with Gasteiger partial charge >= 0.3 is 0 Å². The van der Waals surface area contributed by atoms with Crippen molar-refractivity contribution >= 4 is 23.3 Å². The number of aryl methyl sites for hydroxylation is 1. The average molecular weight is 356 g/mol. The average Bonchev–Trinajstić information content (AvgIpc) is 3.06. The number of nitrogens with one attached hydrogen (secondary N) is 1. The third kappa shape index (κ3) is 5.26. The molecule has 2 heterocycles. The number of thiophene rings is 1. The van der Waals surface area contributed by atoms with Crippen molar-refractivity contribution in [2.75, 3.05) is 32.8 Å². The van der Waals surface area contributed by atoms with Crippen LogP contribution in [0.15, 0.2) is 47.9 Å². The topological polar surface area (TPSA) is 41.6 Å².